The van der Waals surface area contributed by atoms with Gasteiger partial charge in [0.25, 0.3) is 0 Å². The molecule has 5 heteroatoms. The summed E-state index contributed by atoms with van der Waals surface area (Å²) in [6.07, 6.45) is 1.77. The lowest BCUT2D eigenvalue weighted by atomic mass is 10.2. The molecule has 2 rings (SSSR count). The molecule has 94 valence electrons. The lowest BCUT2D eigenvalue weighted by Crippen LogP contribution is -2.14. The van der Waals surface area contributed by atoms with Crippen LogP contribution >= 0.6 is 11.6 Å². The van der Waals surface area contributed by atoms with E-state index in [1.807, 2.05) is 31.2 Å². The highest BCUT2D eigenvalue weighted by Gasteiger charge is 2.05. The van der Waals surface area contributed by atoms with Crippen LogP contribution < -0.4 is 11.1 Å². The zero-order valence-corrected chi connectivity index (χ0v) is 10.9. The first-order valence-electron chi connectivity index (χ1n) is 5.74. The maximum Gasteiger partial charge on any atom is 0.159 e. The average molecular weight is 263 g/mol. The van der Waals surface area contributed by atoms with Gasteiger partial charge in [-0.05, 0) is 19.1 Å². The van der Waals surface area contributed by atoms with Crippen molar-refractivity contribution in [3.63, 3.8) is 0 Å². The minimum atomic E-state index is 0.579. The van der Waals surface area contributed by atoms with Crippen LogP contribution in [0, 0.1) is 6.92 Å². The molecule has 0 saturated carbocycles. The first-order valence-corrected chi connectivity index (χ1v) is 6.12. The van der Waals surface area contributed by atoms with Gasteiger partial charge in [0, 0.05) is 23.7 Å². The van der Waals surface area contributed by atoms with Gasteiger partial charge in [-0.15, -0.1) is 0 Å². The molecule has 18 heavy (non-hydrogen) atoms. The van der Waals surface area contributed by atoms with E-state index in [-0.39, 0.29) is 0 Å². The molecule has 0 amide bonds. The molecule has 0 aliphatic carbocycles. The highest BCUT2D eigenvalue weighted by atomic mass is 35.5. The Morgan fingerprint density at radius 2 is 2.22 bits per heavy atom. The number of benzene rings is 1. The van der Waals surface area contributed by atoms with Gasteiger partial charge in [-0.25, -0.2) is 9.97 Å². The van der Waals surface area contributed by atoms with Crippen LogP contribution in [-0.4, -0.2) is 23.1 Å². The Morgan fingerprint density at radius 3 is 2.89 bits per heavy atom. The van der Waals surface area contributed by atoms with Crippen molar-refractivity contribution in [2.24, 2.45) is 5.73 Å². The van der Waals surface area contributed by atoms with E-state index in [0.717, 1.165) is 16.9 Å². The lowest BCUT2D eigenvalue weighted by molar-refractivity contribution is 1.00. The molecule has 0 aliphatic rings. The number of aromatic nitrogens is 2. The van der Waals surface area contributed by atoms with Gasteiger partial charge in [-0.2, -0.15) is 0 Å². The smallest absolute Gasteiger partial charge is 0.159 e. The summed E-state index contributed by atoms with van der Waals surface area (Å²) in [6.45, 7) is 3.23. The summed E-state index contributed by atoms with van der Waals surface area (Å²) in [5.74, 6) is 0.674. The molecule has 0 fully saturated rings. The van der Waals surface area contributed by atoms with Gasteiger partial charge in [0.2, 0.25) is 0 Å². The first kappa shape index (κ1) is 12.8. The van der Waals surface area contributed by atoms with Gasteiger partial charge in [-0.1, -0.05) is 23.7 Å². The second-order valence-electron chi connectivity index (χ2n) is 3.92. The van der Waals surface area contributed by atoms with Gasteiger partial charge in [0.05, 0.1) is 17.6 Å². The SMILES string of the molecule is Cc1nc(-c2cccc(Cl)c2)ncc1NCCN. The van der Waals surface area contributed by atoms with E-state index in [4.69, 9.17) is 17.3 Å². The van der Waals surface area contributed by atoms with Crippen LogP contribution in [0.1, 0.15) is 5.69 Å². The maximum absolute atomic E-state index is 5.95. The predicted octanol–water partition coefficient (Wildman–Crippen LogP) is 2.48. The quantitative estimate of drug-likeness (QED) is 0.889. The average Bonchev–Trinajstić information content (AvgIpc) is 2.37. The van der Waals surface area contributed by atoms with Crippen LogP contribution in [0.15, 0.2) is 30.5 Å². The van der Waals surface area contributed by atoms with Crippen molar-refractivity contribution in [3.8, 4) is 11.4 Å². The molecular formula is C13H15ClN4. The molecule has 1 aromatic heterocycles. The van der Waals surface area contributed by atoms with Crippen molar-refractivity contribution in [1.29, 1.82) is 0 Å². The number of rotatable bonds is 4. The number of hydrogen-bond donors (Lipinski definition) is 2. The molecule has 0 spiro atoms. The Balaban J connectivity index is 2.28. The number of nitrogens with zero attached hydrogens (tertiary/aromatic N) is 2. The first-order chi connectivity index (χ1) is 8.70. The highest BCUT2D eigenvalue weighted by Crippen LogP contribution is 2.21. The summed E-state index contributed by atoms with van der Waals surface area (Å²) in [5.41, 5.74) is 8.16. The third-order valence-electron chi connectivity index (χ3n) is 2.52. The maximum atomic E-state index is 5.95. The van der Waals surface area contributed by atoms with Crippen LogP contribution in [0.3, 0.4) is 0 Å². The second kappa shape index (κ2) is 5.80. The number of aryl methyl sites for hydroxylation is 1. The van der Waals surface area contributed by atoms with E-state index in [9.17, 15) is 0 Å². The highest BCUT2D eigenvalue weighted by molar-refractivity contribution is 6.30. The van der Waals surface area contributed by atoms with Crippen molar-refractivity contribution in [2.45, 2.75) is 6.92 Å². The number of nitrogens with two attached hydrogens (primary N) is 1. The van der Waals surface area contributed by atoms with Crippen LogP contribution in [0.5, 0.6) is 0 Å². The number of nitrogens with one attached hydrogen (secondary N) is 1. The molecule has 4 nitrogen and oxygen atoms in total. The van der Waals surface area contributed by atoms with E-state index in [0.29, 0.717) is 23.9 Å². The molecule has 1 heterocycles. The molecular weight excluding hydrogens is 248 g/mol. The molecule has 0 saturated heterocycles. The fourth-order valence-electron chi connectivity index (χ4n) is 1.61. The molecule has 1 aromatic carbocycles. The fourth-order valence-corrected chi connectivity index (χ4v) is 1.80. The van der Waals surface area contributed by atoms with Crippen molar-refractivity contribution < 1.29 is 0 Å². The third kappa shape index (κ3) is 2.97. The molecule has 0 radical (unpaired) electrons. The summed E-state index contributed by atoms with van der Waals surface area (Å²) in [5, 5.41) is 3.86. The zero-order valence-electron chi connectivity index (χ0n) is 10.2. The topological polar surface area (TPSA) is 63.8 Å². The van der Waals surface area contributed by atoms with Gasteiger partial charge >= 0.3 is 0 Å². The molecule has 3 N–H and O–H groups in total. The standard InChI is InChI=1S/C13H15ClN4/c1-9-12(16-6-5-15)8-17-13(18-9)10-3-2-4-11(14)7-10/h2-4,7-8,16H,5-6,15H2,1H3. The van der Waals surface area contributed by atoms with Crippen LogP contribution in [0.25, 0.3) is 11.4 Å². The van der Waals surface area contributed by atoms with Crippen LogP contribution in [0.2, 0.25) is 5.02 Å². The Labute approximate surface area is 111 Å². The van der Waals surface area contributed by atoms with Crippen LogP contribution in [-0.2, 0) is 0 Å². The van der Waals surface area contributed by atoms with E-state index < -0.39 is 0 Å². The van der Waals surface area contributed by atoms with Crippen molar-refractivity contribution in [2.75, 3.05) is 18.4 Å². The van der Waals surface area contributed by atoms with Gasteiger partial charge in [0.15, 0.2) is 5.82 Å². The summed E-state index contributed by atoms with van der Waals surface area (Å²) in [6, 6.07) is 7.50. The summed E-state index contributed by atoms with van der Waals surface area (Å²) >= 11 is 5.95. The van der Waals surface area contributed by atoms with Crippen molar-refractivity contribution in [3.05, 3.63) is 41.2 Å². The summed E-state index contributed by atoms with van der Waals surface area (Å²) < 4.78 is 0. The number of halogens is 1. The minimum Gasteiger partial charge on any atom is -0.381 e. The Morgan fingerprint density at radius 1 is 1.39 bits per heavy atom. The van der Waals surface area contributed by atoms with E-state index in [1.165, 1.54) is 0 Å². The molecule has 0 atom stereocenters. The van der Waals surface area contributed by atoms with Gasteiger partial charge in [-0.3, -0.25) is 0 Å². The lowest BCUT2D eigenvalue weighted by Gasteiger charge is -2.08. The van der Waals surface area contributed by atoms with Gasteiger partial charge < -0.3 is 11.1 Å². The van der Waals surface area contributed by atoms with Gasteiger partial charge in [0.1, 0.15) is 0 Å². The normalized spacial score (nSPS) is 10.4. The third-order valence-corrected chi connectivity index (χ3v) is 2.76. The Bertz CT molecular complexity index is 542. The molecule has 2 aromatic rings. The number of hydrogen-bond acceptors (Lipinski definition) is 4. The predicted molar refractivity (Wildman–Crippen MR) is 74.8 cm³/mol. The largest absolute Gasteiger partial charge is 0.381 e. The van der Waals surface area contributed by atoms with Crippen molar-refractivity contribution >= 4 is 17.3 Å². The monoisotopic (exact) mass is 262 g/mol. The fraction of sp³-hybridized carbons (Fsp3) is 0.231. The van der Waals surface area contributed by atoms with Crippen LogP contribution in [0.4, 0.5) is 5.69 Å². The van der Waals surface area contributed by atoms with Crippen molar-refractivity contribution in [1.82, 2.24) is 9.97 Å². The molecule has 0 unspecified atom stereocenters. The summed E-state index contributed by atoms with van der Waals surface area (Å²) in [4.78, 5) is 8.80. The second-order valence-corrected chi connectivity index (χ2v) is 4.35. The minimum absolute atomic E-state index is 0.579. The molecule has 0 bridgehead atoms. The van der Waals surface area contributed by atoms with E-state index >= 15 is 0 Å². The van der Waals surface area contributed by atoms with E-state index in [1.54, 1.807) is 6.20 Å². The zero-order chi connectivity index (χ0) is 13.0. The Hall–Kier alpha value is -1.65. The Kier molecular flexibility index (Phi) is 4.12. The molecule has 0 aliphatic heterocycles. The van der Waals surface area contributed by atoms with E-state index in [2.05, 4.69) is 15.3 Å². The number of anilines is 1. The summed E-state index contributed by atoms with van der Waals surface area (Å²) in [7, 11) is 0.